The van der Waals surface area contributed by atoms with Crippen molar-refractivity contribution >= 4 is 10.9 Å². The Kier molecular flexibility index (Phi) is 4.36. The fraction of sp³-hybridized carbons (Fsp3) is 0.471. The molecule has 1 atom stereocenters. The van der Waals surface area contributed by atoms with E-state index in [0.29, 0.717) is 6.04 Å². The number of aromatic nitrogens is 1. The van der Waals surface area contributed by atoms with Crippen molar-refractivity contribution in [3.05, 3.63) is 36.0 Å². The van der Waals surface area contributed by atoms with Crippen LogP contribution in [0.25, 0.3) is 10.9 Å². The standard InChI is InChI=1S/C17H23N3O/c1-18-11-15-6-4-10-20(15)12-14-9-8-13-5-3-7-16(21-2)17(13)19-14/h3,5,7-9,15,18H,4,6,10-12H2,1-2H3. The van der Waals surface area contributed by atoms with Crippen molar-refractivity contribution < 1.29 is 4.74 Å². The largest absolute Gasteiger partial charge is 0.494 e. The Morgan fingerprint density at radius 2 is 2.24 bits per heavy atom. The highest BCUT2D eigenvalue weighted by molar-refractivity contribution is 5.84. The maximum Gasteiger partial charge on any atom is 0.145 e. The molecule has 112 valence electrons. The monoisotopic (exact) mass is 285 g/mol. The Hall–Kier alpha value is -1.65. The second kappa shape index (κ2) is 6.41. The first kappa shape index (κ1) is 14.3. The van der Waals surface area contributed by atoms with Crippen LogP contribution in [0.3, 0.4) is 0 Å². The lowest BCUT2D eigenvalue weighted by molar-refractivity contribution is 0.240. The average Bonchev–Trinajstić information content (AvgIpc) is 2.94. The molecule has 1 aromatic carbocycles. The molecule has 1 unspecified atom stereocenters. The van der Waals surface area contributed by atoms with Crippen LogP contribution >= 0.6 is 0 Å². The molecule has 2 heterocycles. The number of nitrogens with one attached hydrogen (secondary N) is 1. The predicted octanol–water partition coefficient (Wildman–Crippen LogP) is 2.43. The smallest absolute Gasteiger partial charge is 0.145 e. The molecule has 1 fully saturated rings. The van der Waals surface area contributed by atoms with E-state index in [-0.39, 0.29) is 0 Å². The normalized spacial score (nSPS) is 19.2. The number of ether oxygens (including phenoxy) is 1. The molecule has 1 N–H and O–H groups in total. The molecule has 21 heavy (non-hydrogen) atoms. The minimum atomic E-state index is 0.630. The first-order valence-electron chi connectivity index (χ1n) is 7.63. The Labute approximate surface area is 126 Å². The number of hydrogen-bond donors (Lipinski definition) is 1. The van der Waals surface area contributed by atoms with Crippen LogP contribution in [0.5, 0.6) is 5.75 Å². The third-order valence-corrected chi connectivity index (χ3v) is 4.26. The maximum absolute atomic E-state index is 5.43. The number of para-hydroxylation sites is 1. The van der Waals surface area contributed by atoms with E-state index >= 15 is 0 Å². The Bertz CT molecular complexity index is 614. The van der Waals surface area contributed by atoms with Crippen molar-refractivity contribution in [3.63, 3.8) is 0 Å². The van der Waals surface area contributed by atoms with Gasteiger partial charge in [0.15, 0.2) is 0 Å². The summed E-state index contributed by atoms with van der Waals surface area (Å²) < 4.78 is 5.43. The molecule has 0 aliphatic carbocycles. The zero-order valence-corrected chi connectivity index (χ0v) is 12.8. The van der Waals surface area contributed by atoms with Crippen LogP contribution in [0, 0.1) is 0 Å². The van der Waals surface area contributed by atoms with E-state index in [2.05, 4.69) is 28.4 Å². The van der Waals surface area contributed by atoms with Gasteiger partial charge in [-0.15, -0.1) is 0 Å². The first-order chi connectivity index (χ1) is 10.3. The molecule has 4 nitrogen and oxygen atoms in total. The van der Waals surface area contributed by atoms with Crippen LogP contribution in [0.15, 0.2) is 30.3 Å². The number of likely N-dealkylation sites (tertiary alicyclic amines) is 1. The van der Waals surface area contributed by atoms with E-state index in [1.54, 1.807) is 7.11 Å². The predicted molar refractivity (Wildman–Crippen MR) is 85.7 cm³/mol. The van der Waals surface area contributed by atoms with Gasteiger partial charge in [-0.1, -0.05) is 18.2 Å². The fourth-order valence-electron chi connectivity index (χ4n) is 3.19. The van der Waals surface area contributed by atoms with Gasteiger partial charge in [0.1, 0.15) is 11.3 Å². The molecule has 4 heteroatoms. The SMILES string of the molecule is CNCC1CCCN1Cc1ccc2cccc(OC)c2n1. The van der Waals surface area contributed by atoms with Gasteiger partial charge in [0, 0.05) is 24.5 Å². The highest BCUT2D eigenvalue weighted by Crippen LogP contribution is 2.25. The molecule has 0 saturated carbocycles. The molecule has 0 amide bonds. The lowest BCUT2D eigenvalue weighted by Gasteiger charge is -2.24. The van der Waals surface area contributed by atoms with E-state index in [0.717, 1.165) is 42.0 Å². The summed E-state index contributed by atoms with van der Waals surface area (Å²) >= 11 is 0. The van der Waals surface area contributed by atoms with Gasteiger partial charge in [0.05, 0.1) is 12.8 Å². The van der Waals surface area contributed by atoms with E-state index in [9.17, 15) is 0 Å². The summed E-state index contributed by atoms with van der Waals surface area (Å²) in [5.74, 6) is 0.850. The molecule has 3 rings (SSSR count). The van der Waals surface area contributed by atoms with Crippen LogP contribution in [0.1, 0.15) is 18.5 Å². The number of pyridine rings is 1. The van der Waals surface area contributed by atoms with Gasteiger partial charge >= 0.3 is 0 Å². The summed E-state index contributed by atoms with van der Waals surface area (Å²) in [4.78, 5) is 7.34. The van der Waals surface area contributed by atoms with Crippen molar-refractivity contribution in [2.24, 2.45) is 0 Å². The van der Waals surface area contributed by atoms with Crippen molar-refractivity contribution in [2.75, 3.05) is 27.2 Å². The molecule has 0 spiro atoms. The van der Waals surface area contributed by atoms with Crippen LogP contribution in [-0.2, 0) is 6.54 Å². The van der Waals surface area contributed by atoms with Crippen LogP contribution in [0.2, 0.25) is 0 Å². The van der Waals surface area contributed by atoms with Crippen molar-refractivity contribution in [1.29, 1.82) is 0 Å². The molecular formula is C17H23N3O. The number of rotatable bonds is 5. The number of benzene rings is 1. The highest BCUT2D eigenvalue weighted by Gasteiger charge is 2.24. The molecule has 1 saturated heterocycles. The van der Waals surface area contributed by atoms with E-state index in [1.165, 1.54) is 12.8 Å². The minimum Gasteiger partial charge on any atom is -0.494 e. The van der Waals surface area contributed by atoms with Crippen molar-refractivity contribution in [2.45, 2.75) is 25.4 Å². The summed E-state index contributed by atoms with van der Waals surface area (Å²) in [5, 5.41) is 4.42. The quantitative estimate of drug-likeness (QED) is 0.915. The van der Waals surface area contributed by atoms with Gasteiger partial charge in [0.2, 0.25) is 0 Å². The van der Waals surface area contributed by atoms with E-state index < -0.39 is 0 Å². The molecule has 1 aliphatic heterocycles. The lowest BCUT2D eigenvalue weighted by atomic mass is 10.1. The van der Waals surface area contributed by atoms with Gasteiger partial charge in [-0.3, -0.25) is 4.90 Å². The topological polar surface area (TPSA) is 37.4 Å². The van der Waals surface area contributed by atoms with Crippen molar-refractivity contribution in [3.8, 4) is 5.75 Å². The van der Waals surface area contributed by atoms with Crippen molar-refractivity contribution in [1.82, 2.24) is 15.2 Å². The summed E-state index contributed by atoms with van der Waals surface area (Å²) in [5.41, 5.74) is 2.08. The second-order valence-corrected chi connectivity index (χ2v) is 5.66. The second-order valence-electron chi connectivity index (χ2n) is 5.66. The third-order valence-electron chi connectivity index (χ3n) is 4.26. The van der Waals surface area contributed by atoms with Crippen LogP contribution in [-0.4, -0.2) is 43.2 Å². The van der Waals surface area contributed by atoms with E-state index in [1.807, 2.05) is 19.2 Å². The van der Waals surface area contributed by atoms with Gasteiger partial charge in [-0.2, -0.15) is 0 Å². The number of fused-ring (bicyclic) bond motifs is 1. The summed E-state index contributed by atoms with van der Waals surface area (Å²) in [6, 6.07) is 11.0. The number of nitrogens with zero attached hydrogens (tertiary/aromatic N) is 2. The minimum absolute atomic E-state index is 0.630. The summed E-state index contributed by atoms with van der Waals surface area (Å²) in [6.45, 7) is 3.13. The third kappa shape index (κ3) is 3.01. The first-order valence-corrected chi connectivity index (χ1v) is 7.63. The number of methoxy groups -OCH3 is 1. The van der Waals surface area contributed by atoms with Gasteiger partial charge in [-0.05, 0) is 38.6 Å². The van der Waals surface area contributed by atoms with Gasteiger partial charge < -0.3 is 10.1 Å². The average molecular weight is 285 g/mol. The lowest BCUT2D eigenvalue weighted by Crippen LogP contribution is -2.36. The molecule has 1 aromatic heterocycles. The zero-order valence-electron chi connectivity index (χ0n) is 12.8. The highest BCUT2D eigenvalue weighted by atomic mass is 16.5. The summed E-state index contributed by atoms with van der Waals surface area (Å²) in [6.07, 6.45) is 2.56. The maximum atomic E-state index is 5.43. The molecule has 2 aromatic rings. The Balaban J connectivity index is 1.84. The Morgan fingerprint density at radius 3 is 3.05 bits per heavy atom. The summed E-state index contributed by atoms with van der Waals surface area (Å²) in [7, 11) is 3.72. The number of likely N-dealkylation sites (N-methyl/N-ethyl adjacent to an activating group) is 1. The van der Waals surface area contributed by atoms with Gasteiger partial charge in [0.25, 0.3) is 0 Å². The van der Waals surface area contributed by atoms with Crippen LogP contribution in [0.4, 0.5) is 0 Å². The van der Waals surface area contributed by atoms with E-state index in [4.69, 9.17) is 9.72 Å². The molecule has 0 radical (unpaired) electrons. The molecular weight excluding hydrogens is 262 g/mol. The fourth-order valence-corrected chi connectivity index (χ4v) is 3.19. The number of hydrogen-bond acceptors (Lipinski definition) is 4. The van der Waals surface area contributed by atoms with Gasteiger partial charge in [-0.25, -0.2) is 4.98 Å². The Morgan fingerprint density at radius 1 is 1.33 bits per heavy atom. The molecule has 1 aliphatic rings. The zero-order chi connectivity index (χ0) is 14.7. The molecule has 0 bridgehead atoms. The van der Waals surface area contributed by atoms with Crippen LogP contribution < -0.4 is 10.1 Å².